The van der Waals surface area contributed by atoms with Crippen LogP contribution in [0.15, 0.2) is 47.6 Å². The van der Waals surface area contributed by atoms with Crippen molar-refractivity contribution in [2.24, 2.45) is 5.16 Å². The van der Waals surface area contributed by atoms with E-state index in [1.54, 1.807) is 24.3 Å². The van der Waals surface area contributed by atoms with Crippen LogP contribution in [0.3, 0.4) is 0 Å². The van der Waals surface area contributed by atoms with Gasteiger partial charge in [-0.25, -0.2) is 0 Å². The highest BCUT2D eigenvalue weighted by Gasteiger charge is 2.63. The topological polar surface area (TPSA) is 59.9 Å². The third-order valence-corrected chi connectivity index (χ3v) is 5.45. The second kappa shape index (κ2) is 9.24. The van der Waals surface area contributed by atoms with Crippen LogP contribution >= 0.6 is 34.8 Å². The lowest BCUT2D eigenvalue weighted by Crippen LogP contribution is -2.44. The number of oxime groups is 1. The molecular weight excluding hydrogens is 480 g/mol. The van der Waals surface area contributed by atoms with Gasteiger partial charge in [0.1, 0.15) is 6.61 Å². The number of carbonyl (C=O) groups is 1. The van der Waals surface area contributed by atoms with E-state index in [0.29, 0.717) is 5.56 Å². The van der Waals surface area contributed by atoms with Crippen molar-refractivity contribution < 1.29 is 27.5 Å². The summed E-state index contributed by atoms with van der Waals surface area (Å²) in [6, 6.07) is 8.89. The van der Waals surface area contributed by atoms with Gasteiger partial charge in [0.2, 0.25) is 5.91 Å². The molecule has 31 heavy (non-hydrogen) atoms. The van der Waals surface area contributed by atoms with Gasteiger partial charge in [-0.15, -0.1) is 0 Å². The Morgan fingerprint density at radius 2 is 1.87 bits per heavy atom. The number of methoxy groups -OCH3 is 1. The molecule has 2 unspecified atom stereocenters. The number of rotatable bonds is 6. The SMILES string of the molecule is COCC(=O)NC(C1=NOC(c2cc(Cl)cc(Cl)c2)(C(F)(F)F)C1)c1ccccc1Cl. The Bertz CT molecular complexity index is 996. The summed E-state index contributed by atoms with van der Waals surface area (Å²) in [5.41, 5.74) is -2.86. The lowest BCUT2D eigenvalue weighted by atomic mass is 9.85. The van der Waals surface area contributed by atoms with Crippen molar-refractivity contribution >= 4 is 46.4 Å². The molecule has 2 aromatic carbocycles. The minimum Gasteiger partial charge on any atom is -0.375 e. The summed E-state index contributed by atoms with van der Waals surface area (Å²) in [5.74, 6) is -0.564. The maximum Gasteiger partial charge on any atom is 0.435 e. The number of hydrogen-bond donors (Lipinski definition) is 1. The molecule has 3 rings (SSSR count). The van der Waals surface area contributed by atoms with Crippen LogP contribution in [0, 0.1) is 0 Å². The van der Waals surface area contributed by atoms with Crippen molar-refractivity contribution in [2.45, 2.75) is 24.2 Å². The largest absolute Gasteiger partial charge is 0.435 e. The van der Waals surface area contributed by atoms with Crippen LogP contribution in [0.1, 0.15) is 23.6 Å². The Labute approximate surface area is 191 Å². The molecule has 1 aliphatic rings. The number of hydrogen-bond acceptors (Lipinski definition) is 4. The van der Waals surface area contributed by atoms with Gasteiger partial charge in [-0.05, 0) is 29.8 Å². The fourth-order valence-electron chi connectivity index (χ4n) is 3.25. The molecule has 0 saturated carbocycles. The van der Waals surface area contributed by atoms with Crippen molar-refractivity contribution in [3.8, 4) is 0 Å². The lowest BCUT2D eigenvalue weighted by molar-refractivity contribution is -0.275. The normalized spacial score (nSPS) is 19.5. The van der Waals surface area contributed by atoms with Crippen LogP contribution in [-0.4, -0.2) is 31.5 Å². The van der Waals surface area contributed by atoms with Crippen LogP contribution < -0.4 is 5.32 Å². The van der Waals surface area contributed by atoms with E-state index in [9.17, 15) is 18.0 Å². The summed E-state index contributed by atoms with van der Waals surface area (Å²) in [4.78, 5) is 17.2. The third-order valence-electron chi connectivity index (χ3n) is 4.67. The van der Waals surface area contributed by atoms with Crippen molar-refractivity contribution in [3.05, 3.63) is 68.7 Å². The van der Waals surface area contributed by atoms with Gasteiger partial charge in [-0.3, -0.25) is 4.79 Å². The summed E-state index contributed by atoms with van der Waals surface area (Å²) in [6.07, 6.45) is -5.58. The molecule has 2 aromatic rings. The van der Waals surface area contributed by atoms with E-state index in [1.165, 1.54) is 13.2 Å². The zero-order valence-corrected chi connectivity index (χ0v) is 18.2. The van der Waals surface area contributed by atoms with Crippen LogP contribution in [0.25, 0.3) is 0 Å². The first-order valence-corrected chi connectivity index (χ1v) is 10.0. The van der Waals surface area contributed by atoms with Crippen LogP contribution in [0.2, 0.25) is 15.1 Å². The molecule has 1 aliphatic heterocycles. The van der Waals surface area contributed by atoms with Gasteiger partial charge in [0.25, 0.3) is 5.60 Å². The second-order valence-electron chi connectivity index (χ2n) is 6.79. The molecule has 5 nitrogen and oxygen atoms in total. The van der Waals surface area contributed by atoms with E-state index in [-0.39, 0.29) is 32.9 Å². The van der Waals surface area contributed by atoms with Gasteiger partial charge in [0.05, 0.1) is 11.8 Å². The van der Waals surface area contributed by atoms with Gasteiger partial charge < -0.3 is 14.9 Å². The molecule has 0 aliphatic carbocycles. The number of ether oxygens (including phenoxy) is 1. The molecule has 1 amide bonds. The molecule has 0 saturated heterocycles. The summed E-state index contributed by atoms with van der Waals surface area (Å²) < 4.78 is 47.5. The van der Waals surface area contributed by atoms with Gasteiger partial charge in [0, 0.05) is 34.2 Å². The highest BCUT2D eigenvalue weighted by atomic mass is 35.5. The van der Waals surface area contributed by atoms with Crippen molar-refractivity contribution in [2.75, 3.05) is 13.7 Å². The predicted molar refractivity (Wildman–Crippen MR) is 112 cm³/mol. The van der Waals surface area contributed by atoms with Crippen molar-refractivity contribution in [3.63, 3.8) is 0 Å². The minimum atomic E-state index is -4.87. The average Bonchev–Trinajstić information content (AvgIpc) is 3.13. The van der Waals surface area contributed by atoms with Gasteiger partial charge in [-0.1, -0.05) is 58.2 Å². The Morgan fingerprint density at radius 1 is 1.23 bits per heavy atom. The summed E-state index contributed by atoms with van der Waals surface area (Å²) in [5, 5.41) is 6.59. The molecule has 0 radical (unpaired) electrons. The Balaban J connectivity index is 2.04. The summed E-state index contributed by atoms with van der Waals surface area (Å²) in [6.45, 7) is -0.302. The molecule has 1 N–H and O–H groups in total. The number of nitrogens with zero attached hydrogens (tertiary/aromatic N) is 1. The molecular formula is C20H16Cl3F3N2O3. The monoisotopic (exact) mass is 494 g/mol. The molecule has 0 spiro atoms. The summed E-state index contributed by atoms with van der Waals surface area (Å²) >= 11 is 18.1. The van der Waals surface area contributed by atoms with Crippen molar-refractivity contribution in [1.29, 1.82) is 0 Å². The van der Waals surface area contributed by atoms with Gasteiger partial charge in [-0.2, -0.15) is 13.2 Å². The van der Waals surface area contributed by atoms with Gasteiger partial charge in [0.15, 0.2) is 0 Å². The fourth-order valence-corrected chi connectivity index (χ4v) is 4.02. The summed E-state index contributed by atoms with van der Waals surface area (Å²) in [7, 11) is 1.32. The van der Waals surface area contributed by atoms with E-state index < -0.39 is 30.1 Å². The highest BCUT2D eigenvalue weighted by Crippen LogP contribution is 2.50. The molecule has 166 valence electrons. The molecule has 0 fully saturated rings. The number of benzene rings is 2. The molecule has 0 aromatic heterocycles. The van der Waals surface area contributed by atoms with Crippen molar-refractivity contribution in [1.82, 2.24) is 5.32 Å². The smallest absolute Gasteiger partial charge is 0.375 e. The van der Waals surface area contributed by atoms with E-state index in [1.807, 2.05) is 0 Å². The highest BCUT2D eigenvalue weighted by molar-refractivity contribution is 6.34. The first kappa shape index (κ1) is 23.7. The van der Waals surface area contributed by atoms with Crippen LogP contribution in [0.4, 0.5) is 13.2 Å². The molecule has 0 bridgehead atoms. The van der Waals surface area contributed by atoms with E-state index in [0.717, 1.165) is 12.1 Å². The predicted octanol–water partition coefficient (Wildman–Crippen LogP) is 5.68. The Kier molecular flexibility index (Phi) is 7.05. The number of amides is 1. The second-order valence-corrected chi connectivity index (χ2v) is 8.07. The molecule has 1 heterocycles. The van der Waals surface area contributed by atoms with E-state index >= 15 is 0 Å². The van der Waals surface area contributed by atoms with Gasteiger partial charge >= 0.3 is 6.18 Å². The van der Waals surface area contributed by atoms with E-state index in [4.69, 9.17) is 44.4 Å². The zero-order valence-electron chi connectivity index (χ0n) is 16.0. The number of alkyl halides is 3. The van der Waals surface area contributed by atoms with Crippen LogP contribution in [-0.2, 0) is 20.0 Å². The fraction of sp³-hybridized carbons (Fsp3) is 0.300. The number of nitrogens with one attached hydrogen (secondary N) is 1. The molecule has 11 heteroatoms. The maximum absolute atomic E-state index is 14.2. The average molecular weight is 496 g/mol. The zero-order chi connectivity index (χ0) is 22.8. The standard InChI is InChI=1S/C20H16Cl3F3N2O3/c1-30-10-17(29)27-18(14-4-2-3-5-15(14)23)16-9-19(31-28-16,20(24,25)26)11-6-12(21)8-13(22)7-11/h2-8,18H,9-10H2,1H3,(H,27,29). The number of halogens is 6. The lowest BCUT2D eigenvalue weighted by Gasteiger charge is -2.30. The molecule has 2 atom stereocenters. The number of carbonyl (C=O) groups excluding carboxylic acids is 1. The van der Waals surface area contributed by atoms with Crippen LogP contribution in [0.5, 0.6) is 0 Å². The quantitative estimate of drug-likeness (QED) is 0.560. The Hall–Kier alpha value is -2.00. The Morgan fingerprint density at radius 3 is 2.45 bits per heavy atom. The third kappa shape index (κ3) is 4.92. The first-order chi connectivity index (χ1) is 14.6. The van der Waals surface area contributed by atoms with E-state index in [2.05, 4.69) is 10.5 Å². The minimum absolute atomic E-state index is 0.0132. The maximum atomic E-state index is 14.2. The first-order valence-electron chi connectivity index (χ1n) is 8.88.